The number of carbonyl (C=O) groups is 4. The van der Waals surface area contributed by atoms with Crippen molar-refractivity contribution in [3.63, 3.8) is 0 Å². The lowest BCUT2D eigenvalue weighted by molar-refractivity contribution is -0.150. The normalized spacial score (nSPS) is 17.6. The predicted molar refractivity (Wildman–Crippen MR) is 87.6 cm³/mol. The third-order valence-corrected chi connectivity index (χ3v) is 3.05. The van der Waals surface area contributed by atoms with Crippen LogP contribution in [0.15, 0.2) is 0 Å². The van der Waals surface area contributed by atoms with E-state index in [0.717, 1.165) is 6.42 Å². The summed E-state index contributed by atoms with van der Waals surface area (Å²) in [6.45, 7) is 2.94. The number of aliphatic hydroxyl groups is 1. The van der Waals surface area contributed by atoms with Crippen LogP contribution in [0.5, 0.6) is 0 Å². The molecule has 0 atom stereocenters. The topological polar surface area (TPSA) is 116 Å². The molecule has 0 radical (unpaired) electrons. The largest absolute Gasteiger partial charge is 0.466 e. The summed E-state index contributed by atoms with van der Waals surface area (Å²) < 4.78 is 14.2. The predicted octanol–water partition coefficient (Wildman–Crippen LogP) is 1.32. The third kappa shape index (κ3) is 16.7. The molecule has 144 valence electrons. The summed E-state index contributed by atoms with van der Waals surface area (Å²) in [5.41, 5.74) is 0. The van der Waals surface area contributed by atoms with Crippen molar-refractivity contribution in [1.82, 2.24) is 0 Å². The van der Waals surface area contributed by atoms with Crippen molar-refractivity contribution in [2.24, 2.45) is 0 Å². The minimum atomic E-state index is -0.201. The standard InChI is InChI=1S/C8H12O4.C5H10O2.C4H6O2/c9-7-3-1-5-11-8(10)4-2-6-12-7;1-5(7)3-2-4-6;5-4-2-1-3-6-4/h1-6H2;6H,2-4H2,1H3;1-3H2. The molecule has 2 aliphatic heterocycles. The minimum Gasteiger partial charge on any atom is -0.466 e. The Balaban J connectivity index is 0.000000377. The average molecular weight is 360 g/mol. The van der Waals surface area contributed by atoms with Crippen molar-refractivity contribution in [3.05, 3.63) is 0 Å². The Morgan fingerprint density at radius 2 is 1.20 bits per heavy atom. The molecule has 0 aromatic heterocycles. The first kappa shape index (κ1) is 23.0. The second kappa shape index (κ2) is 15.6. The Morgan fingerprint density at radius 3 is 1.44 bits per heavy atom. The second-order valence-electron chi connectivity index (χ2n) is 5.50. The average Bonchev–Trinajstić information content (AvgIpc) is 3.06. The number of cyclic esters (lactones) is 3. The third-order valence-electron chi connectivity index (χ3n) is 3.05. The van der Waals surface area contributed by atoms with Crippen molar-refractivity contribution >= 4 is 23.7 Å². The first-order valence-electron chi connectivity index (χ1n) is 8.53. The van der Waals surface area contributed by atoms with Crippen LogP contribution >= 0.6 is 0 Å². The summed E-state index contributed by atoms with van der Waals surface area (Å²) >= 11 is 0. The smallest absolute Gasteiger partial charge is 0.305 e. The highest BCUT2D eigenvalue weighted by molar-refractivity contribution is 5.75. The van der Waals surface area contributed by atoms with Crippen LogP contribution in [-0.2, 0) is 33.4 Å². The summed E-state index contributed by atoms with van der Waals surface area (Å²) in [5.74, 6) is -0.301. The minimum absolute atomic E-state index is 0.0463. The summed E-state index contributed by atoms with van der Waals surface area (Å²) in [5, 5.41) is 8.16. The number of carbonyl (C=O) groups excluding carboxylic acids is 4. The van der Waals surface area contributed by atoms with E-state index in [4.69, 9.17) is 14.6 Å². The zero-order valence-corrected chi connectivity index (χ0v) is 14.8. The van der Waals surface area contributed by atoms with Gasteiger partial charge in [0.25, 0.3) is 0 Å². The van der Waals surface area contributed by atoms with Crippen molar-refractivity contribution in [2.75, 3.05) is 26.4 Å². The van der Waals surface area contributed by atoms with Gasteiger partial charge in [0.15, 0.2) is 0 Å². The Kier molecular flexibility index (Phi) is 14.3. The van der Waals surface area contributed by atoms with Crippen LogP contribution in [0, 0.1) is 0 Å². The second-order valence-corrected chi connectivity index (χ2v) is 5.50. The van der Waals surface area contributed by atoms with Crippen molar-refractivity contribution < 1.29 is 38.5 Å². The van der Waals surface area contributed by atoms with Gasteiger partial charge in [0.1, 0.15) is 5.78 Å². The fraction of sp³-hybridized carbons (Fsp3) is 0.765. The number of Topliss-reactive ketones (excluding diaryl/α,β-unsaturated/α-hetero) is 1. The molecule has 2 aliphatic rings. The number of aliphatic hydroxyl groups excluding tert-OH is 1. The van der Waals surface area contributed by atoms with E-state index in [0.29, 0.717) is 64.8 Å². The van der Waals surface area contributed by atoms with Crippen molar-refractivity contribution in [2.45, 2.75) is 58.3 Å². The van der Waals surface area contributed by atoms with Gasteiger partial charge in [0.05, 0.1) is 19.8 Å². The maximum absolute atomic E-state index is 10.8. The lowest BCUT2D eigenvalue weighted by Crippen LogP contribution is -2.13. The molecular weight excluding hydrogens is 332 g/mol. The van der Waals surface area contributed by atoms with Gasteiger partial charge in [-0.15, -0.1) is 0 Å². The van der Waals surface area contributed by atoms with Crippen molar-refractivity contribution in [3.8, 4) is 0 Å². The maximum Gasteiger partial charge on any atom is 0.305 e. The van der Waals surface area contributed by atoms with E-state index in [-0.39, 0.29) is 30.3 Å². The van der Waals surface area contributed by atoms with Gasteiger partial charge in [-0.05, 0) is 32.6 Å². The van der Waals surface area contributed by atoms with Crippen molar-refractivity contribution in [1.29, 1.82) is 0 Å². The number of esters is 3. The molecule has 0 aliphatic carbocycles. The van der Waals surface area contributed by atoms with Crippen LogP contribution in [0.2, 0.25) is 0 Å². The Hall–Kier alpha value is -1.96. The summed E-state index contributed by atoms with van der Waals surface area (Å²) in [6.07, 6.45) is 4.46. The fourth-order valence-corrected chi connectivity index (χ4v) is 1.75. The molecule has 0 saturated carbocycles. The SMILES string of the molecule is CC(=O)CCCO.O=C1CCCO1.O=C1CCCOC(=O)CCCO1. The molecule has 25 heavy (non-hydrogen) atoms. The number of ether oxygens (including phenoxy) is 3. The lowest BCUT2D eigenvalue weighted by Gasteiger charge is -2.08. The van der Waals surface area contributed by atoms with Gasteiger partial charge in [-0.3, -0.25) is 14.4 Å². The van der Waals surface area contributed by atoms with E-state index in [1.165, 1.54) is 6.92 Å². The lowest BCUT2D eigenvalue weighted by atomic mass is 10.2. The van der Waals surface area contributed by atoms with Crippen LogP contribution in [0.25, 0.3) is 0 Å². The van der Waals surface area contributed by atoms with E-state index >= 15 is 0 Å². The molecule has 0 bridgehead atoms. The molecule has 2 rings (SSSR count). The van der Waals surface area contributed by atoms with Gasteiger partial charge in [-0.2, -0.15) is 0 Å². The number of hydrogen-bond acceptors (Lipinski definition) is 8. The molecular formula is C17H28O8. The molecule has 0 amide bonds. The number of hydrogen-bond donors (Lipinski definition) is 1. The van der Waals surface area contributed by atoms with Crippen LogP contribution in [-0.4, -0.2) is 55.2 Å². The first-order chi connectivity index (χ1) is 12.0. The van der Waals surface area contributed by atoms with E-state index in [1.54, 1.807) is 0 Å². The van der Waals surface area contributed by atoms with Crippen LogP contribution in [0.4, 0.5) is 0 Å². The van der Waals surface area contributed by atoms with Crippen LogP contribution < -0.4 is 0 Å². The summed E-state index contributed by atoms with van der Waals surface area (Å²) in [6, 6.07) is 0. The Bertz CT molecular complexity index is 375. The van der Waals surface area contributed by atoms with Gasteiger partial charge in [-0.25, -0.2) is 0 Å². The highest BCUT2D eigenvalue weighted by Crippen LogP contribution is 2.02. The quantitative estimate of drug-likeness (QED) is 0.592. The van der Waals surface area contributed by atoms with E-state index in [9.17, 15) is 19.2 Å². The monoisotopic (exact) mass is 360 g/mol. The summed E-state index contributed by atoms with van der Waals surface area (Å²) in [4.78, 5) is 41.8. The summed E-state index contributed by atoms with van der Waals surface area (Å²) in [7, 11) is 0. The van der Waals surface area contributed by atoms with Gasteiger partial charge >= 0.3 is 17.9 Å². The van der Waals surface area contributed by atoms with E-state index < -0.39 is 0 Å². The first-order valence-corrected chi connectivity index (χ1v) is 8.53. The Labute approximate surface area is 147 Å². The van der Waals surface area contributed by atoms with Gasteiger partial charge < -0.3 is 24.1 Å². The van der Waals surface area contributed by atoms with Gasteiger partial charge in [0, 0.05) is 32.3 Å². The molecule has 8 heteroatoms. The van der Waals surface area contributed by atoms with E-state index in [1.807, 2.05) is 0 Å². The van der Waals surface area contributed by atoms with Gasteiger partial charge in [-0.1, -0.05) is 0 Å². The molecule has 8 nitrogen and oxygen atoms in total. The molecule has 0 aromatic rings. The van der Waals surface area contributed by atoms with Crippen LogP contribution in [0.3, 0.4) is 0 Å². The maximum atomic E-state index is 10.8. The molecule has 2 fully saturated rings. The zero-order chi connectivity index (χ0) is 18.9. The highest BCUT2D eigenvalue weighted by Gasteiger charge is 2.09. The van der Waals surface area contributed by atoms with Gasteiger partial charge in [0.2, 0.25) is 0 Å². The zero-order valence-electron chi connectivity index (χ0n) is 14.8. The van der Waals surface area contributed by atoms with Crippen LogP contribution in [0.1, 0.15) is 58.3 Å². The molecule has 2 saturated heterocycles. The molecule has 0 aromatic carbocycles. The van der Waals surface area contributed by atoms with E-state index in [2.05, 4.69) is 4.74 Å². The highest BCUT2D eigenvalue weighted by atomic mass is 16.5. The number of rotatable bonds is 3. The number of ketones is 1. The molecule has 0 unspecified atom stereocenters. The molecule has 2 heterocycles. The molecule has 1 N–H and O–H groups in total. The molecule has 0 spiro atoms. The fourth-order valence-electron chi connectivity index (χ4n) is 1.75. The Morgan fingerprint density at radius 1 is 0.840 bits per heavy atom.